The van der Waals surface area contributed by atoms with E-state index in [9.17, 15) is 4.79 Å². The van der Waals surface area contributed by atoms with Crippen LogP contribution in [0.1, 0.15) is 26.3 Å². The van der Waals surface area contributed by atoms with E-state index in [0.717, 1.165) is 0 Å². The van der Waals surface area contributed by atoms with Gasteiger partial charge in [-0.15, -0.1) is 0 Å². The van der Waals surface area contributed by atoms with Crippen LogP contribution in [0.4, 0.5) is 5.69 Å². The van der Waals surface area contributed by atoms with Gasteiger partial charge in [0.2, 0.25) is 0 Å². The van der Waals surface area contributed by atoms with Crippen LogP contribution in [0.25, 0.3) is 0 Å². The van der Waals surface area contributed by atoms with Crippen molar-refractivity contribution in [3.63, 3.8) is 0 Å². The summed E-state index contributed by atoms with van der Waals surface area (Å²) in [6.45, 7) is 5.36. The van der Waals surface area contributed by atoms with E-state index in [0.29, 0.717) is 17.0 Å². The maximum absolute atomic E-state index is 11.4. The number of carbonyl (C=O) groups excluding carboxylic acids is 1. The molecule has 0 aliphatic heterocycles. The van der Waals surface area contributed by atoms with Gasteiger partial charge in [-0.25, -0.2) is 4.79 Å². The van der Waals surface area contributed by atoms with Gasteiger partial charge in [-0.1, -0.05) is 5.92 Å². The highest BCUT2D eigenvalue weighted by Gasteiger charge is 2.14. The van der Waals surface area contributed by atoms with Gasteiger partial charge in [0.15, 0.2) is 0 Å². The third kappa shape index (κ3) is 4.38. The van der Waals surface area contributed by atoms with Gasteiger partial charge in [-0.05, 0) is 32.9 Å². The van der Waals surface area contributed by atoms with Gasteiger partial charge in [0.05, 0.1) is 12.8 Å². The summed E-state index contributed by atoms with van der Waals surface area (Å²) >= 11 is 0. The van der Waals surface area contributed by atoms with Crippen LogP contribution in [0, 0.1) is 11.8 Å². The molecule has 1 rings (SSSR count). The van der Waals surface area contributed by atoms with Crippen LogP contribution < -0.4 is 10.5 Å². The molecule has 1 aromatic carbocycles. The number of esters is 1. The fourth-order valence-corrected chi connectivity index (χ4v) is 1.20. The predicted octanol–water partition coefficient (Wildman–Crippen LogP) is 1.97. The fraction of sp³-hybridized carbons (Fsp3) is 0.357. The second-order valence-corrected chi connectivity index (χ2v) is 4.71. The summed E-state index contributed by atoms with van der Waals surface area (Å²) in [5, 5.41) is 0. The number of rotatable bonds is 1. The van der Waals surface area contributed by atoms with Gasteiger partial charge < -0.3 is 15.2 Å². The number of hydrogen-bond acceptors (Lipinski definition) is 4. The van der Waals surface area contributed by atoms with Gasteiger partial charge in [0, 0.05) is 17.6 Å². The zero-order valence-electron chi connectivity index (χ0n) is 11.0. The molecule has 0 unspecified atom stereocenters. The Balaban J connectivity index is 2.83. The number of nitrogens with two attached hydrogens (primary N) is 1. The average Bonchev–Trinajstić information content (AvgIpc) is 2.25. The highest BCUT2D eigenvalue weighted by molar-refractivity contribution is 5.89. The summed E-state index contributed by atoms with van der Waals surface area (Å²) in [4.78, 5) is 11.4. The highest BCUT2D eigenvalue weighted by atomic mass is 16.6. The molecule has 0 aliphatic carbocycles. The number of carbonyl (C=O) groups is 1. The largest absolute Gasteiger partial charge is 0.497 e. The second kappa shape index (κ2) is 5.46. The van der Waals surface area contributed by atoms with Crippen LogP contribution >= 0.6 is 0 Å². The molecule has 4 nitrogen and oxygen atoms in total. The molecule has 0 heterocycles. The number of methoxy groups -OCH3 is 1. The van der Waals surface area contributed by atoms with Crippen LogP contribution in [0.3, 0.4) is 0 Å². The third-order valence-electron chi connectivity index (χ3n) is 1.96. The Morgan fingerprint density at radius 3 is 2.50 bits per heavy atom. The van der Waals surface area contributed by atoms with Crippen molar-refractivity contribution < 1.29 is 14.3 Å². The molecule has 0 aromatic heterocycles. The number of nitrogen functional groups attached to an aromatic ring is 1. The maximum Gasteiger partial charge on any atom is 0.385 e. The zero-order chi connectivity index (χ0) is 13.8. The lowest BCUT2D eigenvalue weighted by Crippen LogP contribution is -2.22. The van der Waals surface area contributed by atoms with Gasteiger partial charge >= 0.3 is 5.97 Å². The minimum atomic E-state index is -0.572. The number of benzene rings is 1. The predicted molar refractivity (Wildman–Crippen MR) is 70.1 cm³/mol. The Hall–Kier alpha value is -2.15. The van der Waals surface area contributed by atoms with Crippen LogP contribution in [0.15, 0.2) is 18.2 Å². The van der Waals surface area contributed by atoms with E-state index < -0.39 is 11.6 Å². The monoisotopic (exact) mass is 247 g/mol. The summed E-state index contributed by atoms with van der Waals surface area (Å²) in [6.07, 6.45) is 0. The van der Waals surface area contributed by atoms with E-state index in [4.69, 9.17) is 15.2 Å². The lowest BCUT2D eigenvalue weighted by atomic mass is 10.1. The van der Waals surface area contributed by atoms with Crippen molar-refractivity contribution in [3.8, 4) is 17.6 Å². The molecule has 0 fully saturated rings. The molecule has 2 N–H and O–H groups in total. The van der Waals surface area contributed by atoms with E-state index in [-0.39, 0.29) is 0 Å². The molecule has 1 aromatic rings. The summed E-state index contributed by atoms with van der Waals surface area (Å²) in [6, 6.07) is 5.08. The number of anilines is 1. The molecule has 0 spiro atoms. The summed E-state index contributed by atoms with van der Waals surface area (Å²) in [5.74, 6) is 5.16. The molecule has 4 heteroatoms. The van der Waals surface area contributed by atoms with E-state index >= 15 is 0 Å². The first-order valence-corrected chi connectivity index (χ1v) is 5.50. The molecule has 0 saturated carbocycles. The van der Waals surface area contributed by atoms with Crippen molar-refractivity contribution in [1.82, 2.24) is 0 Å². The van der Waals surface area contributed by atoms with E-state index in [1.54, 1.807) is 46.1 Å². The van der Waals surface area contributed by atoms with Gasteiger partial charge in [-0.3, -0.25) is 0 Å². The SMILES string of the molecule is COc1ccc(C#CC(=O)OC(C)(C)C)c(N)c1. The van der Waals surface area contributed by atoms with E-state index in [1.165, 1.54) is 0 Å². The van der Waals surface area contributed by atoms with Crippen molar-refractivity contribution in [2.75, 3.05) is 12.8 Å². The van der Waals surface area contributed by atoms with Crippen LogP contribution in [0.5, 0.6) is 5.75 Å². The lowest BCUT2D eigenvalue weighted by Gasteiger charge is -2.16. The first-order chi connectivity index (χ1) is 8.31. The quantitative estimate of drug-likeness (QED) is 0.468. The fourth-order valence-electron chi connectivity index (χ4n) is 1.20. The van der Waals surface area contributed by atoms with Gasteiger partial charge in [0.25, 0.3) is 0 Å². The van der Waals surface area contributed by atoms with Crippen LogP contribution in [-0.2, 0) is 9.53 Å². The standard InChI is InChI=1S/C14H17NO3/c1-14(2,3)18-13(16)8-6-10-5-7-11(17-4)9-12(10)15/h5,7,9H,15H2,1-4H3. The highest BCUT2D eigenvalue weighted by Crippen LogP contribution is 2.18. The Bertz CT molecular complexity index is 504. The smallest absolute Gasteiger partial charge is 0.385 e. The lowest BCUT2D eigenvalue weighted by molar-refractivity contribution is -0.147. The van der Waals surface area contributed by atoms with E-state index in [2.05, 4.69) is 11.8 Å². The molecule has 0 amide bonds. The maximum atomic E-state index is 11.4. The van der Waals surface area contributed by atoms with Crippen LogP contribution in [0.2, 0.25) is 0 Å². The van der Waals surface area contributed by atoms with Crippen molar-refractivity contribution in [1.29, 1.82) is 0 Å². The third-order valence-corrected chi connectivity index (χ3v) is 1.96. The number of hydrogen-bond donors (Lipinski definition) is 1. The van der Waals surface area contributed by atoms with Crippen molar-refractivity contribution in [3.05, 3.63) is 23.8 Å². The molecule has 0 radical (unpaired) electrons. The first kappa shape index (κ1) is 13.9. The van der Waals surface area contributed by atoms with Crippen molar-refractivity contribution >= 4 is 11.7 Å². The molecule has 0 aliphatic rings. The normalized spacial score (nSPS) is 10.2. The first-order valence-electron chi connectivity index (χ1n) is 5.50. The molecule has 0 atom stereocenters. The molecule has 0 bridgehead atoms. The summed E-state index contributed by atoms with van der Waals surface area (Å²) in [5.41, 5.74) is 6.27. The Morgan fingerprint density at radius 1 is 1.33 bits per heavy atom. The second-order valence-electron chi connectivity index (χ2n) is 4.71. The number of ether oxygens (including phenoxy) is 2. The zero-order valence-corrected chi connectivity index (χ0v) is 11.0. The minimum absolute atomic E-state index is 0.463. The van der Waals surface area contributed by atoms with Crippen LogP contribution in [-0.4, -0.2) is 18.7 Å². The summed E-state index contributed by atoms with van der Waals surface area (Å²) in [7, 11) is 1.56. The molecule has 0 saturated heterocycles. The molecule has 18 heavy (non-hydrogen) atoms. The van der Waals surface area contributed by atoms with Gasteiger partial charge in [0.1, 0.15) is 11.4 Å². The minimum Gasteiger partial charge on any atom is -0.497 e. The Labute approximate surface area is 107 Å². The Kier molecular flexibility index (Phi) is 4.22. The molecular formula is C14H17NO3. The van der Waals surface area contributed by atoms with Crippen molar-refractivity contribution in [2.45, 2.75) is 26.4 Å². The van der Waals surface area contributed by atoms with Gasteiger partial charge in [-0.2, -0.15) is 0 Å². The average molecular weight is 247 g/mol. The summed E-state index contributed by atoms with van der Waals surface area (Å²) < 4.78 is 10.1. The molecule has 96 valence electrons. The van der Waals surface area contributed by atoms with E-state index in [1.807, 2.05) is 0 Å². The topological polar surface area (TPSA) is 61.5 Å². The Morgan fingerprint density at radius 2 is 2.00 bits per heavy atom. The molecular weight excluding hydrogens is 230 g/mol. The van der Waals surface area contributed by atoms with Crippen molar-refractivity contribution in [2.24, 2.45) is 0 Å².